The van der Waals surface area contributed by atoms with E-state index in [4.69, 9.17) is 4.74 Å². The van der Waals surface area contributed by atoms with Gasteiger partial charge in [0.05, 0.1) is 6.54 Å². The van der Waals surface area contributed by atoms with Gasteiger partial charge in [-0.2, -0.15) is 0 Å². The lowest BCUT2D eigenvalue weighted by Gasteiger charge is -2.10. The van der Waals surface area contributed by atoms with Crippen LogP contribution in [0.15, 0.2) is 42.5 Å². The van der Waals surface area contributed by atoms with Crippen LogP contribution in [0.4, 0.5) is 10.5 Å². The molecule has 0 heterocycles. The van der Waals surface area contributed by atoms with E-state index >= 15 is 0 Å². The van der Waals surface area contributed by atoms with Gasteiger partial charge in [0, 0.05) is 5.69 Å². The van der Waals surface area contributed by atoms with Crippen molar-refractivity contribution >= 4 is 11.7 Å². The maximum Gasteiger partial charge on any atom is 0.319 e. The zero-order valence-corrected chi connectivity index (χ0v) is 14.0. The van der Waals surface area contributed by atoms with Crippen molar-refractivity contribution in [1.29, 1.82) is 0 Å². The van der Waals surface area contributed by atoms with Crippen LogP contribution < -0.4 is 15.4 Å². The first-order valence-electron chi connectivity index (χ1n) is 7.91. The van der Waals surface area contributed by atoms with Crippen molar-refractivity contribution in [2.24, 2.45) is 0 Å². The molecule has 122 valence electrons. The number of ether oxygens (including phenoxy) is 1. The zero-order valence-electron chi connectivity index (χ0n) is 14.0. The van der Waals surface area contributed by atoms with Crippen molar-refractivity contribution in [2.45, 2.75) is 27.2 Å². The quantitative estimate of drug-likeness (QED) is 0.790. The number of rotatable bonds is 6. The first-order valence-corrected chi connectivity index (χ1v) is 7.91. The van der Waals surface area contributed by atoms with E-state index in [0.717, 1.165) is 29.0 Å². The molecule has 0 bridgehead atoms. The third-order valence-corrected chi connectivity index (χ3v) is 3.47. The predicted octanol–water partition coefficient (Wildman–Crippen LogP) is 4.07. The van der Waals surface area contributed by atoms with E-state index in [2.05, 4.69) is 35.8 Å². The molecule has 0 unspecified atom stereocenters. The van der Waals surface area contributed by atoms with E-state index in [1.165, 1.54) is 5.56 Å². The fraction of sp³-hybridized carbons (Fsp3) is 0.316. The van der Waals surface area contributed by atoms with Crippen LogP contribution >= 0.6 is 0 Å². The summed E-state index contributed by atoms with van der Waals surface area (Å²) in [4.78, 5) is 11.9. The van der Waals surface area contributed by atoms with Gasteiger partial charge in [0.25, 0.3) is 0 Å². The smallest absolute Gasteiger partial charge is 0.319 e. The van der Waals surface area contributed by atoms with Gasteiger partial charge in [-0.1, -0.05) is 25.1 Å². The van der Waals surface area contributed by atoms with Crippen LogP contribution in [0.2, 0.25) is 0 Å². The number of hydrogen-bond acceptors (Lipinski definition) is 2. The van der Waals surface area contributed by atoms with Crippen LogP contribution in [0.1, 0.15) is 23.6 Å². The van der Waals surface area contributed by atoms with Gasteiger partial charge in [0.2, 0.25) is 0 Å². The number of carbonyl (C=O) groups excluding carboxylic acids is 1. The maximum absolute atomic E-state index is 11.9. The summed E-state index contributed by atoms with van der Waals surface area (Å²) in [6, 6.07) is 13.7. The van der Waals surface area contributed by atoms with Crippen molar-refractivity contribution in [3.05, 3.63) is 59.2 Å². The second kappa shape index (κ2) is 8.22. The lowest BCUT2D eigenvalue weighted by Crippen LogP contribution is -2.32. The summed E-state index contributed by atoms with van der Waals surface area (Å²) in [6.45, 7) is 7.02. The highest BCUT2D eigenvalue weighted by Crippen LogP contribution is 2.14. The number of hydrogen-bond donors (Lipinski definition) is 2. The summed E-state index contributed by atoms with van der Waals surface area (Å²) >= 11 is 0. The van der Waals surface area contributed by atoms with Crippen molar-refractivity contribution in [2.75, 3.05) is 18.5 Å². The van der Waals surface area contributed by atoms with Gasteiger partial charge in [-0.05, 0) is 61.2 Å². The molecule has 2 N–H and O–H groups in total. The molecule has 0 aromatic heterocycles. The topological polar surface area (TPSA) is 50.4 Å². The molecular formula is C19H24N2O2. The van der Waals surface area contributed by atoms with Crippen molar-refractivity contribution in [1.82, 2.24) is 5.32 Å². The van der Waals surface area contributed by atoms with E-state index in [-0.39, 0.29) is 6.03 Å². The molecule has 0 fully saturated rings. The molecule has 4 heteroatoms. The first kappa shape index (κ1) is 16.9. The fourth-order valence-corrected chi connectivity index (χ4v) is 2.38. The molecule has 23 heavy (non-hydrogen) atoms. The molecule has 2 amide bonds. The van der Waals surface area contributed by atoms with Gasteiger partial charge in [0.15, 0.2) is 0 Å². The zero-order chi connectivity index (χ0) is 16.7. The maximum atomic E-state index is 11.9. The van der Waals surface area contributed by atoms with Crippen molar-refractivity contribution < 1.29 is 9.53 Å². The second-order valence-electron chi connectivity index (χ2n) is 5.60. The third kappa shape index (κ3) is 5.66. The minimum absolute atomic E-state index is 0.222. The summed E-state index contributed by atoms with van der Waals surface area (Å²) in [5.74, 6) is 0.818. The van der Waals surface area contributed by atoms with Crippen LogP contribution in [0.5, 0.6) is 5.75 Å². The Kier molecular flexibility index (Phi) is 6.03. The van der Waals surface area contributed by atoms with Gasteiger partial charge in [-0.15, -0.1) is 0 Å². The molecular weight excluding hydrogens is 288 g/mol. The molecule has 0 aliphatic heterocycles. The van der Waals surface area contributed by atoms with Gasteiger partial charge < -0.3 is 15.4 Å². The van der Waals surface area contributed by atoms with Crippen LogP contribution in [-0.4, -0.2) is 19.2 Å². The minimum atomic E-state index is -0.222. The molecule has 0 spiro atoms. The Morgan fingerprint density at radius 1 is 1.04 bits per heavy atom. The SMILES string of the molecule is CCc1ccc(OCCNC(=O)Nc2cc(C)cc(C)c2)cc1. The third-order valence-electron chi connectivity index (χ3n) is 3.47. The number of aryl methyl sites for hydroxylation is 3. The van der Waals surface area contributed by atoms with Crippen LogP contribution in [0, 0.1) is 13.8 Å². The van der Waals surface area contributed by atoms with Gasteiger partial charge in [-0.3, -0.25) is 0 Å². The summed E-state index contributed by atoms with van der Waals surface area (Å²) in [7, 11) is 0. The minimum Gasteiger partial charge on any atom is -0.492 e. The monoisotopic (exact) mass is 312 g/mol. The normalized spacial score (nSPS) is 10.2. The average molecular weight is 312 g/mol. The van der Waals surface area contributed by atoms with Gasteiger partial charge in [0.1, 0.15) is 12.4 Å². The van der Waals surface area contributed by atoms with Gasteiger partial charge in [-0.25, -0.2) is 4.79 Å². The average Bonchev–Trinajstić information content (AvgIpc) is 2.51. The number of urea groups is 1. The van der Waals surface area contributed by atoms with Crippen LogP contribution in [0.3, 0.4) is 0 Å². The first-order chi connectivity index (χ1) is 11.1. The highest BCUT2D eigenvalue weighted by molar-refractivity contribution is 5.89. The van der Waals surface area contributed by atoms with E-state index < -0.39 is 0 Å². The Morgan fingerprint density at radius 2 is 1.70 bits per heavy atom. The van der Waals surface area contributed by atoms with Crippen molar-refractivity contribution in [3.63, 3.8) is 0 Å². The predicted molar refractivity (Wildman–Crippen MR) is 94.3 cm³/mol. The standard InChI is InChI=1S/C19H24N2O2/c1-4-16-5-7-18(8-6-16)23-10-9-20-19(22)21-17-12-14(2)11-15(3)13-17/h5-8,11-13H,4,9-10H2,1-3H3,(H2,20,21,22). The summed E-state index contributed by atoms with van der Waals surface area (Å²) in [5, 5.41) is 5.62. The molecule has 0 aliphatic carbocycles. The largest absolute Gasteiger partial charge is 0.492 e. The Bertz CT molecular complexity index is 631. The lowest BCUT2D eigenvalue weighted by atomic mass is 10.1. The molecule has 2 rings (SSSR count). The number of amides is 2. The summed E-state index contributed by atoms with van der Waals surface area (Å²) < 4.78 is 5.60. The van der Waals surface area contributed by atoms with Crippen molar-refractivity contribution in [3.8, 4) is 5.75 Å². The molecule has 4 nitrogen and oxygen atoms in total. The number of anilines is 1. The molecule has 0 saturated carbocycles. The second-order valence-corrected chi connectivity index (χ2v) is 5.60. The molecule has 2 aromatic carbocycles. The summed E-state index contributed by atoms with van der Waals surface area (Å²) in [5.41, 5.74) is 4.33. The Hall–Kier alpha value is -2.49. The highest BCUT2D eigenvalue weighted by Gasteiger charge is 2.02. The molecule has 0 radical (unpaired) electrons. The molecule has 0 saturated heterocycles. The summed E-state index contributed by atoms with van der Waals surface area (Å²) in [6.07, 6.45) is 1.01. The van der Waals surface area contributed by atoms with Crippen LogP contribution in [-0.2, 0) is 6.42 Å². The van der Waals surface area contributed by atoms with E-state index in [1.807, 2.05) is 38.1 Å². The number of nitrogens with one attached hydrogen (secondary N) is 2. The molecule has 2 aromatic rings. The Balaban J connectivity index is 1.71. The van der Waals surface area contributed by atoms with E-state index in [9.17, 15) is 4.79 Å². The fourth-order valence-electron chi connectivity index (χ4n) is 2.38. The van der Waals surface area contributed by atoms with E-state index in [1.54, 1.807) is 0 Å². The lowest BCUT2D eigenvalue weighted by molar-refractivity contribution is 0.247. The highest BCUT2D eigenvalue weighted by atomic mass is 16.5. The molecule has 0 atom stereocenters. The number of benzene rings is 2. The Morgan fingerprint density at radius 3 is 2.30 bits per heavy atom. The number of carbonyl (C=O) groups is 1. The Labute approximate surface area is 137 Å². The van der Waals surface area contributed by atoms with Crippen LogP contribution in [0.25, 0.3) is 0 Å². The van der Waals surface area contributed by atoms with E-state index in [0.29, 0.717) is 13.2 Å². The molecule has 0 aliphatic rings. The van der Waals surface area contributed by atoms with Gasteiger partial charge >= 0.3 is 6.03 Å².